The molecule has 2 rings (SSSR count). The molecule has 0 bridgehead atoms. The fraction of sp³-hybridized carbons (Fsp3) is 0.438. The number of aromatic nitrogens is 1. The van der Waals surface area contributed by atoms with Gasteiger partial charge in [0.15, 0.2) is 0 Å². The average molecular weight is 274 g/mol. The van der Waals surface area contributed by atoms with E-state index in [0.29, 0.717) is 18.7 Å². The van der Waals surface area contributed by atoms with Crippen LogP contribution in [0.4, 0.5) is 0 Å². The summed E-state index contributed by atoms with van der Waals surface area (Å²) in [6, 6.07) is 6.00. The van der Waals surface area contributed by atoms with Gasteiger partial charge in [-0.25, -0.2) is 0 Å². The average Bonchev–Trinajstić information content (AvgIpc) is 2.80. The van der Waals surface area contributed by atoms with Crippen molar-refractivity contribution in [1.82, 2.24) is 10.3 Å². The Morgan fingerprint density at radius 3 is 2.80 bits per heavy atom. The number of aryl methyl sites for hydroxylation is 2. The fourth-order valence-electron chi connectivity index (χ4n) is 2.46. The fourth-order valence-corrected chi connectivity index (χ4v) is 2.46. The van der Waals surface area contributed by atoms with Crippen LogP contribution in [-0.4, -0.2) is 28.6 Å². The summed E-state index contributed by atoms with van der Waals surface area (Å²) < 4.78 is 0. The normalized spacial score (nSPS) is 12.6. The molecule has 1 aromatic heterocycles. The first-order chi connectivity index (χ1) is 9.51. The molecular weight excluding hydrogens is 252 g/mol. The molecule has 1 aromatic carbocycles. The van der Waals surface area contributed by atoms with Crippen molar-refractivity contribution >= 4 is 16.8 Å². The molecular formula is C16H22N2O2. The Morgan fingerprint density at radius 1 is 1.35 bits per heavy atom. The molecule has 4 heteroatoms. The minimum absolute atomic E-state index is 0.173. The highest BCUT2D eigenvalue weighted by Gasteiger charge is 2.12. The van der Waals surface area contributed by atoms with Crippen LogP contribution in [0.3, 0.4) is 0 Å². The molecule has 2 aromatic rings. The molecule has 20 heavy (non-hydrogen) atoms. The van der Waals surface area contributed by atoms with Crippen LogP contribution >= 0.6 is 0 Å². The van der Waals surface area contributed by atoms with E-state index in [2.05, 4.69) is 16.4 Å². The topological polar surface area (TPSA) is 65.1 Å². The Hall–Kier alpha value is -1.81. The first-order valence-corrected chi connectivity index (χ1v) is 7.07. The molecule has 108 valence electrons. The van der Waals surface area contributed by atoms with E-state index in [0.717, 1.165) is 22.9 Å². The van der Waals surface area contributed by atoms with Crippen LogP contribution in [0.15, 0.2) is 18.2 Å². The summed E-state index contributed by atoms with van der Waals surface area (Å²) in [7, 11) is 0. The lowest BCUT2D eigenvalue weighted by molar-refractivity contribution is 0.0906. The Labute approximate surface area is 119 Å². The number of hydrogen-bond donors (Lipinski definition) is 3. The zero-order chi connectivity index (χ0) is 14.7. The Morgan fingerprint density at radius 2 is 2.10 bits per heavy atom. The number of amides is 1. The number of aromatic amines is 1. The predicted octanol–water partition coefficient (Wildman–Crippen LogP) is 2.68. The van der Waals surface area contributed by atoms with E-state index < -0.39 is 6.10 Å². The summed E-state index contributed by atoms with van der Waals surface area (Å²) in [6.45, 7) is 6.37. The largest absolute Gasteiger partial charge is 0.391 e. The molecule has 1 unspecified atom stereocenters. The van der Waals surface area contributed by atoms with Crippen LogP contribution in [0, 0.1) is 13.8 Å². The Balaban J connectivity index is 2.13. The standard InChI is InChI=1S/C16H22N2O2/c1-4-5-12(19)9-17-16(20)15-8-13-11(3)6-10(2)7-14(13)18-15/h6-8,12,18-19H,4-5,9H2,1-3H3,(H,17,20). The molecule has 0 aliphatic heterocycles. The molecule has 4 nitrogen and oxygen atoms in total. The molecule has 0 saturated carbocycles. The van der Waals surface area contributed by atoms with Crippen molar-refractivity contribution in [1.29, 1.82) is 0 Å². The molecule has 1 amide bonds. The molecule has 1 atom stereocenters. The summed E-state index contributed by atoms with van der Waals surface area (Å²) in [5.41, 5.74) is 3.84. The number of aliphatic hydroxyl groups excluding tert-OH is 1. The Kier molecular flexibility index (Phi) is 4.45. The zero-order valence-electron chi connectivity index (χ0n) is 12.3. The Bertz CT molecular complexity index is 616. The number of fused-ring (bicyclic) bond motifs is 1. The molecule has 0 fully saturated rings. The minimum Gasteiger partial charge on any atom is -0.391 e. The molecule has 0 aliphatic carbocycles. The van der Waals surface area contributed by atoms with Gasteiger partial charge in [0.25, 0.3) is 5.91 Å². The van der Waals surface area contributed by atoms with E-state index in [9.17, 15) is 9.90 Å². The van der Waals surface area contributed by atoms with Crippen LogP contribution in [0.2, 0.25) is 0 Å². The van der Waals surface area contributed by atoms with Gasteiger partial charge >= 0.3 is 0 Å². The van der Waals surface area contributed by atoms with E-state index in [1.165, 1.54) is 5.56 Å². The van der Waals surface area contributed by atoms with Crippen LogP contribution in [0.1, 0.15) is 41.4 Å². The molecule has 0 aliphatic rings. The number of aliphatic hydroxyl groups is 1. The van der Waals surface area contributed by atoms with Gasteiger partial charge in [-0.3, -0.25) is 4.79 Å². The zero-order valence-corrected chi connectivity index (χ0v) is 12.3. The number of carbonyl (C=O) groups excluding carboxylic acids is 1. The molecule has 3 N–H and O–H groups in total. The van der Waals surface area contributed by atoms with Gasteiger partial charge in [0, 0.05) is 17.4 Å². The van der Waals surface area contributed by atoms with Crippen molar-refractivity contribution in [2.45, 2.75) is 39.7 Å². The van der Waals surface area contributed by atoms with E-state index in [-0.39, 0.29) is 5.91 Å². The summed E-state index contributed by atoms with van der Waals surface area (Å²) in [5.74, 6) is -0.173. The van der Waals surface area contributed by atoms with Gasteiger partial charge in [0.1, 0.15) is 5.69 Å². The van der Waals surface area contributed by atoms with Crippen LogP contribution in [0.5, 0.6) is 0 Å². The molecule has 1 heterocycles. The lowest BCUT2D eigenvalue weighted by Crippen LogP contribution is -2.32. The second-order valence-corrected chi connectivity index (χ2v) is 5.38. The van der Waals surface area contributed by atoms with Gasteiger partial charge in [-0.2, -0.15) is 0 Å². The van der Waals surface area contributed by atoms with Gasteiger partial charge in [-0.05, 0) is 43.5 Å². The quantitative estimate of drug-likeness (QED) is 0.785. The summed E-state index contributed by atoms with van der Waals surface area (Å²) in [4.78, 5) is 15.2. The second-order valence-electron chi connectivity index (χ2n) is 5.38. The van der Waals surface area contributed by atoms with Crippen molar-refractivity contribution < 1.29 is 9.90 Å². The van der Waals surface area contributed by atoms with Gasteiger partial charge in [0.05, 0.1) is 6.10 Å². The third-order valence-corrected chi connectivity index (χ3v) is 3.45. The molecule has 0 radical (unpaired) electrons. The van der Waals surface area contributed by atoms with Crippen molar-refractivity contribution in [3.63, 3.8) is 0 Å². The van der Waals surface area contributed by atoms with Gasteiger partial charge < -0.3 is 15.4 Å². The summed E-state index contributed by atoms with van der Waals surface area (Å²) in [5, 5.41) is 13.5. The van der Waals surface area contributed by atoms with Crippen LogP contribution < -0.4 is 5.32 Å². The molecule has 0 spiro atoms. The third kappa shape index (κ3) is 3.20. The maximum atomic E-state index is 12.1. The SMILES string of the molecule is CCCC(O)CNC(=O)c1cc2c(C)cc(C)cc2[nH]1. The summed E-state index contributed by atoms with van der Waals surface area (Å²) >= 11 is 0. The van der Waals surface area contributed by atoms with E-state index in [1.807, 2.05) is 32.9 Å². The number of rotatable bonds is 5. The first kappa shape index (κ1) is 14.6. The van der Waals surface area contributed by atoms with E-state index in [1.54, 1.807) is 0 Å². The number of benzene rings is 1. The van der Waals surface area contributed by atoms with Gasteiger partial charge in [-0.1, -0.05) is 19.4 Å². The van der Waals surface area contributed by atoms with E-state index >= 15 is 0 Å². The third-order valence-electron chi connectivity index (χ3n) is 3.45. The number of nitrogens with one attached hydrogen (secondary N) is 2. The summed E-state index contributed by atoms with van der Waals surface area (Å²) in [6.07, 6.45) is 1.13. The van der Waals surface area contributed by atoms with Crippen molar-refractivity contribution in [2.24, 2.45) is 0 Å². The van der Waals surface area contributed by atoms with Crippen molar-refractivity contribution in [3.8, 4) is 0 Å². The molecule has 0 saturated heterocycles. The maximum Gasteiger partial charge on any atom is 0.267 e. The maximum absolute atomic E-state index is 12.1. The highest BCUT2D eigenvalue weighted by molar-refractivity contribution is 5.98. The van der Waals surface area contributed by atoms with Crippen molar-refractivity contribution in [2.75, 3.05) is 6.54 Å². The second kappa shape index (κ2) is 6.09. The smallest absolute Gasteiger partial charge is 0.267 e. The first-order valence-electron chi connectivity index (χ1n) is 7.07. The lowest BCUT2D eigenvalue weighted by Gasteiger charge is -2.09. The number of H-pyrrole nitrogens is 1. The van der Waals surface area contributed by atoms with E-state index in [4.69, 9.17) is 0 Å². The minimum atomic E-state index is -0.475. The number of carbonyl (C=O) groups is 1. The highest BCUT2D eigenvalue weighted by atomic mass is 16.3. The van der Waals surface area contributed by atoms with Gasteiger partial charge in [0.2, 0.25) is 0 Å². The van der Waals surface area contributed by atoms with Crippen LogP contribution in [-0.2, 0) is 0 Å². The van der Waals surface area contributed by atoms with Gasteiger partial charge in [-0.15, -0.1) is 0 Å². The highest BCUT2D eigenvalue weighted by Crippen LogP contribution is 2.21. The monoisotopic (exact) mass is 274 g/mol. The van der Waals surface area contributed by atoms with Crippen LogP contribution in [0.25, 0.3) is 10.9 Å². The number of hydrogen-bond acceptors (Lipinski definition) is 2. The lowest BCUT2D eigenvalue weighted by atomic mass is 10.1. The predicted molar refractivity (Wildman–Crippen MR) is 81.0 cm³/mol. The van der Waals surface area contributed by atoms with Crippen molar-refractivity contribution in [3.05, 3.63) is 35.0 Å².